The summed E-state index contributed by atoms with van der Waals surface area (Å²) in [6, 6.07) is 11.6. The number of aromatic nitrogens is 3. The third-order valence-electron chi connectivity index (χ3n) is 5.67. The lowest BCUT2D eigenvalue weighted by Gasteiger charge is -2.34. The normalized spacial score (nSPS) is 14.8. The maximum Gasteiger partial charge on any atom is 0.255 e. The molecule has 0 spiro atoms. The SMILES string of the molecule is COc1ccc2cc(C(=O)N3CCN(Cc4nc(-c5cccs5)no4)CC3)c(C)nc2c1. The van der Waals surface area contributed by atoms with Crippen molar-refractivity contribution in [2.75, 3.05) is 33.3 Å². The number of fused-ring (bicyclic) bond motifs is 1. The Bertz CT molecular complexity index is 1250. The van der Waals surface area contributed by atoms with E-state index in [2.05, 4.69) is 20.0 Å². The first-order valence-corrected chi connectivity index (χ1v) is 11.3. The Labute approximate surface area is 189 Å². The Morgan fingerprint density at radius 2 is 2.00 bits per heavy atom. The molecule has 1 aliphatic rings. The third kappa shape index (κ3) is 4.09. The molecule has 1 saturated heterocycles. The van der Waals surface area contributed by atoms with Crippen LogP contribution in [0.1, 0.15) is 21.9 Å². The Balaban J connectivity index is 1.23. The lowest BCUT2D eigenvalue weighted by molar-refractivity contribution is 0.0614. The van der Waals surface area contributed by atoms with Crippen molar-refractivity contribution in [2.24, 2.45) is 0 Å². The van der Waals surface area contributed by atoms with Crippen LogP contribution in [0.2, 0.25) is 0 Å². The predicted octanol–water partition coefficient (Wildman–Crippen LogP) is 3.62. The van der Waals surface area contributed by atoms with Crippen molar-refractivity contribution < 1.29 is 14.1 Å². The highest BCUT2D eigenvalue weighted by Gasteiger charge is 2.25. The summed E-state index contributed by atoms with van der Waals surface area (Å²) in [5.74, 6) is 1.99. The van der Waals surface area contributed by atoms with Crippen LogP contribution in [0.25, 0.3) is 21.6 Å². The summed E-state index contributed by atoms with van der Waals surface area (Å²) < 4.78 is 10.7. The van der Waals surface area contributed by atoms with Gasteiger partial charge in [-0.2, -0.15) is 4.98 Å². The van der Waals surface area contributed by atoms with Crippen LogP contribution >= 0.6 is 11.3 Å². The minimum atomic E-state index is 0.0186. The van der Waals surface area contributed by atoms with Crippen LogP contribution in [0.15, 0.2) is 46.3 Å². The largest absolute Gasteiger partial charge is 0.497 e. The van der Waals surface area contributed by atoms with E-state index in [0.29, 0.717) is 36.9 Å². The number of nitrogens with zero attached hydrogens (tertiary/aromatic N) is 5. The van der Waals surface area contributed by atoms with Crippen molar-refractivity contribution in [1.29, 1.82) is 0 Å². The fourth-order valence-electron chi connectivity index (χ4n) is 3.88. The molecule has 0 saturated carbocycles. The van der Waals surface area contributed by atoms with E-state index in [1.165, 1.54) is 0 Å². The molecular formula is C23H23N5O3S. The quantitative estimate of drug-likeness (QED) is 0.460. The average molecular weight is 450 g/mol. The van der Waals surface area contributed by atoms with Gasteiger partial charge in [0.2, 0.25) is 11.7 Å². The van der Waals surface area contributed by atoms with Crippen LogP contribution in [-0.2, 0) is 6.54 Å². The van der Waals surface area contributed by atoms with Crippen molar-refractivity contribution in [3.63, 3.8) is 0 Å². The summed E-state index contributed by atoms with van der Waals surface area (Å²) in [7, 11) is 1.63. The number of carbonyl (C=O) groups is 1. The molecule has 4 heterocycles. The molecule has 9 heteroatoms. The topological polar surface area (TPSA) is 84.6 Å². The van der Waals surface area contributed by atoms with E-state index >= 15 is 0 Å². The minimum Gasteiger partial charge on any atom is -0.497 e. The first-order valence-electron chi connectivity index (χ1n) is 10.4. The van der Waals surface area contributed by atoms with Crippen molar-refractivity contribution in [2.45, 2.75) is 13.5 Å². The molecule has 1 aromatic carbocycles. The molecule has 0 N–H and O–H groups in total. The van der Waals surface area contributed by atoms with E-state index in [1.807, 2.05) is 53.6 Å². The van der Waals surface area contributed by atoms with Crippen molar-refractivity contribution in [3.8, 4) is 16.5 Å². The zero-order chi connectivity index (χ0) is 22.1. The molecule has 1 fully saturated rings. The fraction of sp³-hybridized carbons (Fsp3) is 0.304. The summed E-state index contributed by atoms with van der Waals surface area (Å²) >= 11 is 1.59. The molecule has 3 aromatic heterocycles. The first-order chi connectivity index (χ1) is 15.6. The van der Waals surface area contributed by atoms with Gasteiger partial charge in [0, 0.05) is 37.6 Å². The Morgan fingerprint density at radius 3 is 2.75 bits per heavy atom. The monoisotopic (exact) mass is 449 g/mol. The van der Waals surface area contributed by atoms with Crippen molar-refractivity contribution in [1.82, 2.24) is 24.9 Å². The van der Waals surface area contributed by atoms with Gasteiger partial charge in [0.1, 0.15) is 5.75 Å². The fourth-order valence-corrected chi connectivity index (χ4v) is 4.53. The van der Waals surface area contributed by atoms with Crippen LogP contribution < -0.4 is 4.74 Å². The zero-order valence-electron chi connectivity index (χ0n) is 17.9. The first kappa shape index (κ1) is 20.6. The van der Waals surface area contributed by atoms with Gasteiger partial charge in [-0.15, -0.1) is 11.3 Å². The summed E-state index contributed by atoms with van der Waals surface area (Å²) in [5, 5.41) is 6.99. The van der Waals surface area contributed by atoms with Crippen LogP contribution in [0.3, 0.4) is 0 Å². The summed E-state index contributed by atoms with van der Waals surface area (Å²) in [6.45, 7) is 5.25. The van der Waals surface area contributed by atoms with E-state index in [1.54, 1.807) is 18.4 Å². The Hall–Kier alpha value is -3.30. The van der Waals surface area contributed by atoms with E-state index in [-0.39, 0.29) is 5.91 Å². The third-order valence-corrected chi connectivity index (χ3v) is 6.54. The molecule has 0 radical (unpaired) electrons. The Kier molecular flexibility index (Phi) is 5.59. The number of hydrogen-bond acceptors (Lipinski definition) is 8. The van der Waals surface area contributed by atoms with Crippen LogP contribution in [0, 0.1) is 6.92 Å². The number of piperazine rings is 1. The van der Waals surface area contributed by atoms with Gasteiger partial charge < -0.3 is 14.2 Å². The van der Waals surface area contributed by atoms with Gasteiger partial charge in [0.25, 0.3) is 5.91 Å². The molecule has 0 aliphatic carbocycles. The number of amides is 1. The number of methoxy groups -OCH3 is 1. The molecule has 32 heavy (non-hydrogen) atoms. The van der Waals surface area contributed by atoms with Gasteiger partial charge in [0.05, 0.1) is 35.3 Å². The molecule has 0 unspecified atom stereocenters. The molecular weight excluding hydrogens is 426 g/mol. The van der Waals surface area contributed by atoms with Gasteiger partial charge in [-0.1, -0.05) is 11.2 Å². The molecule has 164 valence electrons. The number of rotatable bonds is 5. The van der Waals surface area contributed by atoms with Gasteiger partial charge in [0.15, 0.2) is 0 Å². The molecule has 0 bridgehead atoms. The molecule has 5 rings (SSSR count). The van der Waals surface area contributed by atoms with Crippen LogP contribution in [-0.4, -0.2) is 64.1 Å². The van der Waals surface area contributed by atoms with E-state index in [9.17, 15) is 4.79 Å². The predicted molar refractivity (Wildman–Crippen MR) is 122 cm³/mol. The molecule has 1 amide bonds. The Morgan fingerprint density at radius 1 is 1.16 bits per heavy atom. The van der Waals surface area contributed by atoms with Crippen molar-refractivity contribution in [3.05, 3.63) is 58.9 Å². The van der Waals surface area contributed by atoms with Gasteiger partial charge in [-0.25, -0.2) is 0 Å². The highest BCUT2D eigenvalue weighted by atomic mass is 32.1. The summed E-state index contributed by atoms with van der Waals surface area (Å²) in [4.78, 5) is 27.4. The van der Waals surface area contributed by atoms with Crippen LogP contribution in [0.5, 0.6) is 5.75 Å². The lowest BCUT2D eigenvalue weighted by Crippen LogP contribution is -2.48. The van der Waals surface area contributed by atoms with Gasteiger partial charge >= 0.3 is 0 Å². The molecule has 8 nitrogen and oxygen atoms in total. The molecule has 1 aliphatic heterocycles. The number of hydrogen-bond donors (Lipinski definition) is 0. The number of thiophene rings is 1. The van der Waals surface area contributed by atoms with E-state index in [0.717, 1.165) is 40.3 Å². The smallest absolute Gasteiger partial charge is 0.255 e. The molecule has 0 atom stereocenters. The number of pyridine rings is 1. The maximum atomic E-state index is 13.2. The van der Waals surface area contributed by atoms with Crippen LogP contribution in [0.4, 0.5) is 0 Å². The number of benzene rings is 1. The number of carbonyl (C=O) groups excluding carboxylic acids is 1. The van der Waals surface area contributed by atoms with Crippen molar-refractivity contribution >= 4 is 28.1 Å². The van der Waals surface area contributed by atoms with E-state index < -0.39 is 0 Å². The van der Waals surface area contributed by atoms with Gasteiger partial charge in [-0.3, -0.25) is 14.7 Å². The second-order valence-corrected chi connectivity index (χ2v) is 8.69. The average Bonchev–Trinajstić information content (AvgIpc) is 3.50. The zero-order valence-corrected chi connectivity index (χ0v) is 18.8. The highest BCUT2D eigenvalue weighted by Crippen LogP contribution is 2.24. The lowest BCUT2D eigenvalue weighted by atomic mass is 10.1. The summed E-state index contributed by atoms with van der Waals surface area (Å²) in [6.07, 6.45) is 0. The maximum absolute atomic E-state index is 13.2. The minimum absolute atomic E-state index is 0.0186. The second kappa shape index (κ2) is 8.68. The standard InChI is InChI=1S/C23H23N5O3S/c1-15-18(12-16-5-6-17(30-2)13-19(16)24-15)23(29)28-9-7-27(8-10-28)14-21-25-22(26-31-21)20-4-3-11-32-20/h3-6,11-13H,7-10,14H2,1-2H3. The highest BCUT2D eigenvalue weighted by molar-refractivity contribution is 7.13. The number of ether oxygens (including phenoxy) is 1. The number of aryl methyl sites for hydroxylation is 1. The molecule has 4 aromatic rings. The van der Waals surface area contributed by atoms with E-state index in [4.69, 9.17) is 9.26 Å². The second-order valence-electron chi connectivity index (χ2n) is 7.74. The van der Waals surface area contributed by atoms with Gasteiger partial charge in [-0.05, 0) is 36.6 Å². The summed E-state index contributed by atoms with van der Waals surface area (Å²) in [5.41, 5.74) is 2.20.